The van der Waals surface area contributed by atoms with Crippen molar-refractivity contribution in [2.75, 3.05) is 0 Å². The standard InChI is InChI=1S/C26H41F3O2/c1-16(11-12-25(4,31)26(27,28)29)18-7-8-20-19(18)9-10-22-21(20)6-5-17-15-23(2,30)13-14-24(17,22)3/h5,16,18-22,30-31H,6-15H2,1-4H3/t16-,18-,19-,20?,21?,22?,23+,24+,25-/m1/s1. The molecule has 0 aromatic heterocycles. The lowest BCUT2D eigenvalue weighted by molar-refractivity contribution is -0.256. The Balaban J connectivity index is 1.44. The summed E-state index contributed by atoms with van der Waals surface area (Å²) in [6.45, 7) is 7.42. The molecular formula is C26H41F3O2. The summed E-state index contributed by atoms with van der Waals surface area (Å²) >= 11 is 0. The molecule has 0 amide bonds. The molecule has 31 heavy (non-hydrogen) atoms. The van der Waals surface area contributed by atoms with Crippen molar-refractivity contribution in [3.05, 3.63) is 11.6 Å². The topological polar surface area (TPSA) is 40.5 Å². The van der Waals surface area contributed by atoms with Gasteiger partial charge < -0.3 is 10.2 Å². The van der Waals surface area contributed by atoms with Gasteiger partial charge in [0, 0.05) is 0 Å². The van der Waals surface area contributed by atoms with E-state index < -0.39 is 17.4 Å². The lowest BCUT2D eigenvalue weighted by Gasteiger charge is -2.56. The second-order valence-corrected chi connectivity index (χ2v) is 12.3. The van der Waals surface area contributed by atoms with Gasteiger partial charge in [0.05, 0.1) is 5.60 Å². The van der Waals surface area contributed by atoms with Crippen LogP contribution in [0.4, 0.5) is 13.2 Å². The molecule has 3 unspecified atom stereocenters. The molecule has 3 fully saturated rings. The highest BCUT2D eigenvalue weighted by Gasteiger charge is 2.56. The summed E-state index contributed by atoms with van der Waals surface area (Å²) in [5.74, 6) is 3.38. The minimum Gasteiger partial charge on any atom is -0.390 e. The number of alkyl halides is 3. The van der Waals surface area contributed by atoms with E-state index in [-0.39, 0.29) is 17.8 Å². The van der Waals surface area contributed by atoms with Crippen LogP contribution in [0.5, 0.6) is 0 Å². The molecule has 178 valence electrons. The highest BCUT2D eigenvalue weighted by Crippen LogP contribution is 2.63. The van der Waals surface area contributed by atoms with Gasteiger partial charge in [0.15, 0.2) is 5.60 Å². The average Bonchev–Trinajstić information content (AvgIpc) is 3.10. The van der Waals surface area contributed by atoms with Gasteiger partial charge in [-0.3, -0.25) is 0 Å². The lowest BCUT2D eigenvalue weighted by atomic mass is 9.49. The van der Waals surface area contributed by atoms with Crippen molar-refractivity contribution in [3.8, 4) is 0 Å². The third-order valence-electron chi connectivity index (χ3n) is 10.2. The molecule has 0 aromatic carbocycles. The second-order valence-electron chi connectivity index (χ2n) is 12.3. The van der Waals surface area contributed by atoms with Gasteiger partial charge in [-0.05, 0) is 119 Å². The zero-order valence-electron chi connectivity index (χ0n) is 19.6. The summed E-state index contributed by atoms with van der Waals surface area (Å²) in [6, 6.07) is 0. The van der Waals surface area contributed by atoms with E-state index in [1.807, 2.05) is 6.92 Å². The summed E-state index contributed by atoms with van der Waals surface area (Å²) < 4.78 is 39.2. The molecule has 3 saturated carbocycles. The Morgan fingerprint density at radius 1 is 1.06 bits per heavy atom. The van der Waals surface area contributed by atoms with Gasteiger partial charge in [0.1, 0.15) is 0 Å². The fourth-order valence-corrected chi connectivity index (χ4v) is 8.07. The first kappa shape index (κ1) is 23.6. The van der Waals surface area contributed by atoms with E-state index in [0.29, 0.717) is 36.0 Å². The molecule has 0 aliphatic heterocycles. The summed E-state index contributed by atoms with van der Waals surface area (Å²) in [7, 11) is 0. The molecule has 0 spiro atoms. The van der Waals surface area contributed by atoms with E-state index in [1.165, 1.54) is 24.8 Å². The van der Waals surface area contributed by atoms with E-state index in [2.05, 4.69) is 19.9 Å². The largest absolute Gasteiger partial charge is 0.416 e. The van der Waals surface area contributed by atoms with Crippen LogP contribution in [-0.4, -0.2) is 27.6 Å². The second kappa shape index (κ2) is 7.75. The van der Waals surface area contributed by atoms with Crippen LogP contribution in [0.2, 0.25) is 0 Å². The van der Waals surface area contributed by atoms with Crippen LogP contribution < -0.4 is 0 Å². The van der Waals surface area contributed by atoms with Crippen molar-refractivity contribution in [1.82, 2.24) is 0 Å². The van der Waals surface area contributed by atoms with E-state index >= 15 is 0 Å². The number of fused-ring (bicyclic) bond motifs is 5. The fourth-order valence-electron chi connectivity index (χ4n) is 8.07. The predicted octanol–water partition coefficient (Wildman–Crippen LogP) is 6.66. The van der Waals surface area contributed by atoms with Crippen molar-refractivity contribution in [1.29, 1.82) is 0 Å². The maximum absolute atomic E-state index is 13.1. The Hall–Kier alpha value is -0.550. The maximum Gasteiger partial charge on any atom is 0.416 e. The smallest absolute Gasteiger partial charge is 0.390 e. The van der Waals surface area contributed by atoms with Crippen LogP contribution in [0.15, 0.2) is 11.6 Å². The number of hydrogen-bond acceptors (Lipinski definition) is 2. The molecular weight excluding hydrogens is 401 g/mol. The zero-order valence-corrected chi connectivity index (χ0v) is 19.6. The summed E-state index contributed by atoms with van der Waals surface area (Å²) in [6.07, 6.45) is 6.69. The summed E-state index contributed by atoms with van der Waals surface area (Å²) in [4.78, 5) is 0. The van der Waals surface area contributed by atoms with Gasteiger partial charge in [0.25, 0.3) is 0 Å². The van der Waals surface area contributed by atoms with Crippen LogP contribution in [0.3, 0.4) is 0 Å². The van der Waals surface area contributed by atoms with E-state index in [0.717, 1.165) is 39.0 Å². The molecule has 9 atom stereocenters. The van der Waals surface area contributed by atoms with Gasteiger partial charge in [-0.2, -0.15) is 13.2 Å². The molecule has 0 aromatic rings. The minimum atomic E-state index is -4.56. The minimum absolute atomic E-state index is 0.207. The normalized spacial score (nSPS) is 45.7. The summed E-state index contributed by atoms with van der Waals surface area (Å²) in [5.41, 5.74) is -1.47. The van der Waals surface area contributed by atoms with Crippen LogP contribution in [0.25, 0.3) is 0 Å². The molecule has 4 rings (SSSR count). The van der Waals surface area contributed by atoms with Crippen molar-refractivity contribution < 1.29 is 23.4 Å². The third kappa shape index (κ3) is 4.11. The van der Waals surface area contributed by atoms with E-state index in [9.17, 15) is 23.4 Å². The highest BCUT2D eigenvalue weighted by molar-refractivity contribution is 5.26. The van der Waals surface area contributed by atoms with Crippen LogP contribution in [0.1, 0.15) is 91.9 Å². The van der Waals surface area contributed by atoms with Gasteiger partial charge >= 0.3 is 6.18 Å². The number of rotatable bonds is 4. The van der Waals surface area contributed by atoms with E-state index in [1.54, 1.807) is 0 Å². The summed E-state index contributed by atoms with van der Waals surface area (Å²) in [5, 5.41) is 20.5. The van der Waals surface area contributed by atoms with E-state index in [4.69, 9.17) is 0 Å². The van der Waals surface area contributed by atoms with Crippen molar-refractivity contribution in [2.24, 2.45) is 40.9 Å². The van der Waals surface area contributed by atoms with Gasteiger partial charge in [0.2, 0.25) is 0 Å². The van der Waals surface area contributed by atoms with Gasteiger partial charge in [-0.15, -0.1) is 0 Å². The Bertz CT molecular complexity index is 710. The monoisotopic (exact) mass is 442 g/mol. The molecule has 0 radical (unpaired) electrons. The molecule has 4 aliphatic rings. The van der Waals surface area contributed by atoms with Crippen LogP contribution >= 0.6 is 0 Å². The maximum atomic E-state index is 13.1. The van der Waals surface area contributed by atoms with Crippen molar-refractivity contribution >= 4 is 0 Å². The van der Waals surface area contributed by atoms with Crippen LogP contribution in [-0.2, 0) is 0 Å². The quantitative estimate of drug-likeness (QED) is 0.478. The zero-order chi connectivity index (χ0) is 22.8. The first-order valence-electron chi connectivity index (χ1n) is 12.5. The lowest BCUT2D eigenvalue weighted by Crippen LogP contribution is -2.49. The number of allylic oxidation sites excluding steroid dienone is 1. The van der Waals surface area contributed by atoms with Gasteiger partial charge in [-0.1, -0.05) is 25.5 Å². The molecule has 5 heteroatoms. The Morgan fingerprint density at radius 3 is 2.42 bits per heavy atom. The molecule has 0 heterocycles. The fraction of sp³-hybridized carbons (Fsp3) is 0.923. The molecule has 4 aliphatic carbocycles. The van der Waals surface area contributed by atoms with Crippen molar-refractivity contribution in [2.45, 2.75) is 109 Å². The van der Waals surface area contributed by atoms with Gasteiger partial charge in [-0.25, -0.2) is 0 Å². The Kier molecular flexibility index (Phi) is 5.90. The SMILES string of the molecule is C[C@H](CC[C@@](C)(O)C(F)(F)F)[C@H]1CCC2C3CC=C4C[C@@](C)(O)CC[C@]4(C)C3CC[C@@H]21. The first-order valence-corrected chi connectivity index (χ1v) is 12.5. The first-order chi connectivity index (χ1) is 14.3. The third-order valence-corrected chi connectivity index (χ3v) is 10.2. The average molecular weight is 443 g/mol. The molecule has 2 nitrogen and oxygen atoms in total. The molecule has 0 bridgehead atoms. The van der Waals surface area contributed by atoms with Crippen molar-refractivity contribution in [3.63, 3.8) is 0 Å². The molecule has 2 N–H and O–H groups in total. The number of hydrogen-bond donors (Lipinski definition) is 2. The number of halogens is 3. The Morgan fingerprint density at radius 2 is 1.74 bits per heavy atom. The van der Waals surface area contributed by atoms with Crippen LogP contribution in [0, 0.1) is 40.9 Å². The number of aliphatic hydroxyl groups is 2. The predicted molar refractivity (Wildman–Crippen MR) is 116 cm³/mol. The molecule has 0 saturated heterocycles. The Labute approximate surface area is 185 Å². The highest BCUT2D eigenvalue weighted by atomic mass is 19.4.